The first-order chi connectivity index (χ1) is 10.0. The Morgan fingerprint density at radius 1 is 1.19 bits per heavy atom. The Morgan fingerprint density at radius 3 is 2.19 bits per heavy atom. The summed E-state index contributed by atoms with van der Waals surface area (Å²) in [6.45, 7) is 0. The fourth-order valence-corrected chi connectivity index (χ4v) is 2.69. The number of rotatable bonds is 8. The maximum Gasteiger partial charge on any atom is 0.446 e. The molecule has 1 rings (SSSR count). The van der Waals surface area contributed by atoms with Gasteiger partial charge in [0.05, 0.1) is 7.11 Å². The Morgan fingerprint density at radius 2 is 1.76 bits per heavy atom. The van der Waals surface area contributed by atoms with Crippen LogP contribution < -0.4 is 4.74 Å². The van der Waals surface area contributed by atoms with Gasteiger partial charge in [-0.3, -0.25) is 4.79 Å². The van der Waals surface area contributed by atoms with Gasteiger partial charge in [0.1, 0.15) is 5.75 Å². The number of hydrogen-bond donors (Lipinski definition) is 0. The summed E-state index contributed by atoms with van der Waals surface area (Å²) in [5, 5.41) is 0. The predicted molar refractivity (Wildman–Crippen MR) is 76.6 cm³/mol. The first-order valence-corrected chi connectivity index (χ1v) is 7.65. The average molecular weight is 312 g/mol. The first kappa shape index (κ1) is 17.3. The van der Waals surface area contributed by atoms with Crippen LogP contribution >= 0.6 is 7.60 Å². The molecular weight excluding hydrogens is 295 g/mol. The minimum Gasteiger partial charge on any atom is -0.497 e. The molecule has 21 heavy (non-hydrogen) atoms. The van der Waals surface area contributed by atoms with E-state index in [2.05, 4.69) is 13.8 Å². The van der Waals surface area contributed by atoms with Crippen molar-refractivity contribution in [3.63, 3.8) is 0 Å². The second-order valence-electron chi connectivity index (χ2n) is 4.06. The molecule has 1 aromatic rings. The minimum atomic E-state index is -3.85. The Balaban J connectivity index is 2.76. The Bertz CT molecular complexity index is 585. The van der Waals surface area contributed by atoms with Gasteiger partial charge in [-0.25, -0.2) is 4.57 Å². The van der Waals surface area contributed by atoms with Crippen molar-refractivity contribution >= 4 is 18.8 Å². The van der Waals surface area contributed by atoms with Crippen molar-refractivity contribution in [2.75, 3.05) is 21.3 Å². The molecule has 0 saturated carbocycles. The lowest BCUT2D eigenvalue weighted by Gasteiger charge is -2.08. The monoisotopic (exact) mass is 312 g/mol. The number of Topliss-reactive ketones (excluding diaryl/α,β-unsaturated/α-hetero) is 1. The van der Waals surface area contributed by atoms with E-state index in [1.807, 2.05) is 12.1 Å². The van der Waals surface area contributed by atoms with E-state index in [-0.39, 0.29) is 6.42 Å². The first-order valence-electron chi connectivity index (χ1n) is 6.11. The topological polar surface area (TPSA) is 98.2 Å². The summed E-state index contributed by atoms with van der Waals surface area (Å²) in [6, 6.07) is 7.17. The Labute approximate surface area is 123 Å². The number of ketones is 1. The summed E-state index contributed by atoms with van der Waals surface area (Å²) in [5.41, 5.74) is 9.18. The van der Waals surface area contributed by atoms with Crippen molar-refractivity contribution in [2.24, 2.45) is 0 Å². The van der Waals surface area contributed by atoms with Gasteiger partial charge < -0.3 is 19.3 Å². The highest BCUT2D eigenvalue weighted by Crippen LogP contribution is 2.47. The van der Waals surface area contributed by atoms with Gasteiger partial charge in [-0.2, -0.15) is 4.79 Å². The zero-order valence-corrected chi connectivity index (χ0v) is 13.0. The van der Waals surface area contributed by atoms with Crippen LogP contribution in [0.15, 0.2) is 24.3 Å². The standard InChI is InChI=1S/C13H17N2O5P/c1-18-11-7-4-10(5-8-11)6-9-12(16)13(15-14)21(17,19-2)20-3/h4-5,7-8H,6,9H2,1-3H3. The lowest BCUT2D eigenvalue weighted by Crippen LogP contribution is -2.18. The minimum absolute atomic E-state index is 0.0163. The molecule has 0 fully saturated rings. The van der Waals surface area contributed by atoms with Gasteiger partial charge in [0, 0.05) is 20.6 Å². The number of ether oxygens (including phenoxy) is 1. The maximum absolute atomic E-state index is 12.0. The van der Waals surface area contributed by atoms with Crippen LogP contribution in [0.1, 0.15) is 12.0 Å². The van der Waals surface area contributed by atoms with Crippen LogP contribution in [0.4, 0.5) is 0 Å². The molecule has 0 amide bonds. The van der Waals surface area contributed by atoms with Crippen LogP contribution in [-0.4, -0.2) is 37.4 Å². The number of nitrogens with zero attached hydrogens (tertiary/aromatic N) is 2. The third kappa shape index (κ3) is 4.34. The highest BCUT2D eigenvalue weighted by Gasteiger charge is 2.43. The fourth-order valence-electron chi connectivity index (χ4n) is 1.67. The van der Waals surface area contributed by atoms with Crippen LogP contribution in [0.2, 0.25) is 0 Å². The molecular formula is C13H17N2O5P. The quantitative estimate of drug-likeness (QED) is 0.317. The molecule has 114 valence electrons. The van der Waals surface area contributed by atoms with Crippen molar-refractivity contribution in [2.45, 2.75) is 12.8 Å². The Kier molecular flexibility index (Phi) is 6.46. The summed E-state index contributed by atoms with van der Waals surface area (Å²) in [6.07, 6.45) is 0.414. The normalized spacial score (nSPS) is 10.8. The molecule has 0 aliphatic carbocycles. The van der Waals surface area contributed by atoms with Crippen molar-refractivity contribution in [1.82, 2.24) is 0 Å². The number of aryl methyl sites for hydroxylation is 1. The third-order valence-corrected chi connectivity index (χ3v) is 4.70. The van der Waals surface area contributed by atoms with Gasteiger partial charge >= 0.3 is 13.0 Å². The van der Waals surface area contributed by atoms with E-state index in [0.717, 1.165) is 19.8 Å². The highest BCUT2D eigenvalue weighted by molar-refractivity contribution is 7.74. The molecule has 1 aromatic carbocycles. The zero-order chi connectivity index (χ0) is 15.9. The van der Waals surface area contributed by atoms with E-state index in [9.17, 15) is 9.36 Å². The van der Waals surface area contributed by atoms with Crippen LogP contribution in [0.25, 0.3) is 5.53 Å². The third-order valence-electron chi connectivity index (χ3n) is 2.88. The number of carbonyl (C=O) groups is 1. The van der Waals surface area contributed by atoms with Gasteiger partial charge in [0.2, 0.25) is 0 Å². The van der Waals surface area contributed by atoms with Crippen LogP contribution in [0.3, 0.4) is 0 Å². The molecule has 0 unspecified atom stereocenters. The second-order valence-corrected chi connectivity index (χ2v) is 6.21. The van der Waals surface area contributed by atoms with Crippen LogP contribution in [-0.2, 0) is 24.8 Å². The van der Waals surface area contributed by atoms with Crippen molar-refractivity contribution in [3.8, 4) is 5.75 Å². The van der Waals surface area contributed by atoms with Crippen molar-refractivity contribution in [1.29, 1.82) is 0 Å². The van der Waals surface area contributed by atoms with Crippen molar-refractivity contribution < 1.29 is 27.9 Å². The lowest BCUT2D eigenvalue weighted by atomic mass is 10.1. The molecule has 0 heterocycles. The fraction of sp³-hybridized carbons (Fsp3) is 0.385. The van der Waals surface area contributed by atoms with E-state index in [4.69, 9.17) is 10.3 Å². The highest BCUT2D eigenvalue weighted by atomic mass is 31.2. The summed E-state index contributed by atoms with van der Waals surface area (Å²) < 4.78 is 26.4. The summed E-state index contributed by atoms with van der Waals surface area (Å²) >= 11 is 0. The molecule has 0 bridgehead atoms. The summed E-state index contributed by atoms with van der Waals surface area (Å²) in [7, 11) is -0.0513. The lowest BCUT2D eigenvalue weighted by molar-refractivity contribution is -0.116. The molecule has 7 nitrogen and oxygen atoms in total. The smallest absolute Gasteiger partial charge is 0.446 e. The van der Waals surface area contributed by atoms with Gasteiger partial charge in [-0.15, -0.1) is 0 Å². The number of hydrogen-bond acceptors (Lipinski definition) is 5. The average Bonchev–Trinajstić information content (AvgIpc) is 2.53. The number of methoxy groups -OCH3 is 1. The molecule has 8 heteroatoms. The Hall–Kier alpha value is -1.78. The van der Waals surface area contributed by atoms with Gasteiger partial charge in [-0.05, 0) is 24.1 Å². The molecule has 0 spiro atoms. The molecule has 0 aliphatic rings. The van der Waals surface area contributed by atoms with E-state index >= 15 is 0 Å². The van der Waals surface area contributed by atoms with Gasteiger partial charge in [0.15, 0.2) is 0 Å². The molecule has 0 N–H and O–H groups in total. The molecule has 0 aliphatic heterocycles. The number of carbonyl (C=O) groups excluding carboxylic acids is 1. The van der Waals surface area contributed by atoms with E-state index in [1.54, 1.807) is 19.2 Å². The van der Waals surface area contributed by atoms with E-state index < -0.39 is 18.8 Å². The van der Waals surface area contributed by atoms with Crippen LogP contribution in [0, 0.1) is 0 Å². The predicted octanol–water partition coefficient (Wildman–Crippen LogP) is 2.31. The molecule has 0 aromatic heterocycles. The van der Waals surface area contributed by atoms with Crippen molar-refractivity contribution in [3.05, 3.63) is 35.4 Å². The molecule has 0 saturated heterocycles. The van der Waals surface area contributed by atoms with Crippen LogP contribution in [0.5, 0.6) is 5.75 Å². The molecule has 0 atom stereocenters. The van der Waals surface area contributed by atoms with Gasteiger partial charge in [-0.1, -0.05) is 12.1 Å². The second kappa shape index (κ2) is 7.86. The maximum atomic E-state index is 12.0. The van der Waals surface area contributed by atoms with Gasteiger partial charge in [0.25, 0.3) is 5.78 Å². The summed E-state index contributed by atoms with van der Waals surface area (Å²) in [5.74, 6) is 0.117. The SMILES string of the molecule is COc1ccc(CCC(=O)C(=[N+]=[N-])P(=O)(OC)OC)cc1. The van der Waals surface area contributed by atoms with E-state index in [1.165, 1.54) is 0 Å². The van der Waals surface area contributed by atoms with E-state index in [0.29, 0.717) is 12.2 Å². The largest absolute Gasteiger partial charge is 0.497 e. The summed E-state index contributed by atoms with van der Waals surface area (Å²) in [4.78, 5) is 14.8. The number of benzene rings is 1. The zero-order valence-electron chi connectivity index (χ0n) is 12.1. The molecule has 0 radical (unpaired) electrons.